The Bertz CT molecular complexity index is 972. The summed E-state index contributed by atoms with van der Waals surface area (Å²) in [6, 6.07) is 5.77. The van der Waals surface area contributed by atoms with Crippen LogP contribution in [0.1, 0.15) is 74.7 Å². The van der Waals surface area contributed by atoms with Gasteiger partial charge in [0.1, 0.15) is 5.54 Å². The fraction of sp³-hybridized carbons (Fsp3) is 0.542. The smallest absolute Gasteiger partial charge is 0.243 e. The van der Waals surface area contributed by atoms with E-state index in [1.807, 2.05) is 32.0 Å². The second-order valence-corrected chi connectivity index (χ2v) is 8.78. The number of amides is 3. The first-order valence-corrected chi connectivity index (χ1v) is 11.5. The molecule has 0 bridgehead atoms. The zero-order valence-electron chi connectivity index (χ0n) is 19.6. The second-order valence-electron chi connectivity index (χ2n) is 8.78. The standard InChI is InChI=1S/C24H33N5O4/c1-16-9-8-10-17(2)22(16)26-20(32)15-25-19(31)11-12-21-27-23(29-33-21)24(28-18(3)30)13-6-4-5-7-14-24/h8-10H,4-7,11-15H2,1-3H3,(H,25,31)(H,26,32)(H,28,30). The van der Waals surface area contributed by atoms with Crippen LogP contribution in [-0.4, -0.2) is 34.4 Å². The summed E-state index contributed by atoms with van der Waals surface area (Å²) in [4.78, 5) is 40.8. The van der Waals surface area contributed by atoms with Gasteiger partial charge in [0.2, 0.25) is 23.6 Å². The van der Waals surface area contributed by atoms with Crippen LogP contribution >= 0.6 is 0 Å². The Kier molecular flexibility index (Phi) is 8.19. The van der Waals surface area contributed by atoms with E-state index in [0.29, 0.717) is 11.7 Å². The van der Waals surface area contributed by atoms with Crippen LogP contribution in [-0.2, 0) is 26.3 Å². The van der Waals surface area contributed by atoms with Crippen LogP contribution in [0.2, 0.25) is 0 Å². The number of aromatic nitrogens is 2. The van der Waals surface area contributed by atoms with Crippen molar-refractivity contribution in [1.82, 2.24) is 20.8 Å². The SMILES string of the molecule is CC(=O)NC1(c2noc(CCC(=O)NCC(=O)Nc3c(C)cccc3C)n2)CCCCCC1. The van der Waals surface area contributed by atoms with Gasteiger partial charge in [0.25, 0.3) is 0 Å². The molecular weight excluding hydrogens is 422 g/mol. The van der Waals surface area contributed by atoms with Crippen molar-refractivity contribution >= 4 is 23.4 Å². The molecule has 3 rings (SSSR count). The highest BCUT2D eigenvalue weighted by atomic mass is 16.5. The number of nitrogens with one attached hydrogen (secondary N) is 3. The Morgan fingerprint density at radius 3 is 2.33 bits per heavy atom. The van der Waals surface area contributed by atoms with E-state index < -0.39 is 5.54 Å². The average molecular weight is 456 g/mol. The normalized spacial score (nSPS) is 15.4. The van der Waals surface area contributed by atoms with E-state index in [-0.39, 0.29) is 37.1 Å². The highest BCUT2D eigenvalue weighted by molar-refractivity contribution is 5.95. The van der Waals surface area contributed by atoms with Gasteiger partial charge in [-0.15, -0.1) is 0 Å². The van der Waals surface area contributed by atoms with E-state index in [0.717, 1.165) is 55.3 Å². The topological polar surface area (TPSA) is 126 Å². The molecule has 178 valence electrons. The Labute approximate surface area is 194 Å². The predicted octanol–water partition coefficient (Wildman–Crippen LogP) is 3.06. The van der Waals surface area contributed by atoms with Crippen molar-refractivity contribution in [2.75, 3.05) is 11.9 Å². The number of carbonyl (C=O) groups is 3. The molecular formula is C24H33N5O4. The number of para-hydroxylation sites is 1. The van der Waals surface area contributed by atoms with E-state index in [2.05, 4.69) is 26.1 Å². The highest BCUT2D eigenvalue weighted by Crippen LogP contribution is 2.34. The molecule has 1 aliphatic carbocycles. The molecule has 3 N–H and O–H groups in total. The summed E-state index contributed by atoms with van der Waals surface area (Å²) < 4.78 is 5.37. The molecule has 2 aromatic rings. The van der Waals surface area contributed by atoms with Gasteiger partial charge in [-0.25, -0.2) is 0 Å². The number of hydrogen-bond acceptors (Lipinski definition) is 6. The Balaban J connectivity index is 1.51. The summed E-state index contributed by atoms with van der Waals surface area (Å²) >= 11 is 0. The van der Waals surface area contributed by atoms with Gasteiger partial charge in [-0.05, 0) is 37.8 Å². The molecule has 1 saturated carbocycles. The van der Waals surface area contributed by atoms with E-state index in [1.165, 1.54) is 6.92 Å². The van der Waals surface area contributed by atoms with Crippen LogP contribution in [0.4, 0.5) is 5.69 Å². The first kappa shape index (κ1) is 24.4. The second kappa shape index (κ2) is 11.1. The van der Waals surface area contributed by atoms with Gasteiger partial charge in [-0.3, -0.25) is 14.4 Å². The van der Waals surface area contributed by atoms with Crippen LogP contribution in [0.15, 0.2) is 22.7 Å². The molecule has 0 aliphatic heterocycles. The largest absolute Gasteiger partial charge is 0.347 e. The summed E-state index contributed by atoms with van der Waals surface area (Å²) in [5.41, 5.74) is 2.08. The maximum atomic E-state index is 12.2. The zero-order chi connectivity index (χ0) is 23.8. The Hall–Kier alpha value is -3.23. The quantitative estimate of drug-likeness (QED) is 0.525. The number of rotatable bonds is 8. The van der Waals surface area contributed by atoms with Crippen molar-refractivity contribution in [2.45, 2.75) is 77.7 Å². The van der Waals surface area contributed by atoms with Gasteiger partial charge in [-0.2, -0.15) is 4.98 Å². The van der Waals surface area contributed by atoms with Gasteiger partial charge in [0.05, 0.1) is 6.54 Å². The predicted molar refractivity (Wildman–Crippen MR) is 123 cm³/mol. The molecule has 1 heterocycles. The number of benzene rings is 1. The van der Waals surface area contributed by atoms with Crippen LogP contribution in [0.3, 0.4) is 0 Å². The summed E-state index contributed by atoms with van der Waals surface area (Å²) in [5.74, 6) is 0.128. The minimum Gasteiger partial charge on any atom is -0.347 e. The molecule has 33 heavy (non-hydrogen) atoms. The third kappa shape index (κ3) is 6.63. The summed E-state index contributed by atoms with van der Waals surface area (Å²) in [6.45, 7) is 5.22. The molecule has 9 heteroatoms. The lowest BCUT2D eigenvalue weighted by atomic mass is 9.89. The lowest BCUT2D eigenvalue weighted by Crippen LogP contribution is -2.45. The maximum absolute atomic E-state index is 12.2. The van der Waals surface area contributed by atoms with Crippen molar-refractivity contribution in [3.63, 3.8) is 0 Å². The average Bonchev–Trinajstić information content (AvgIpc) is 3.13. The monoisotopic (exact) mass is 455 g/mol. The molecule has 0 spiro atoms. The number of anilines is 1. The molecule has 1 aromatic carbocycles. The van der Waals surface area contributed by atoms with Crippen LogP contribution < -0.4 is 16.0 Å². The van der Waals surface area contributed by atoms with Crippen LogP contribution in [0, 0.1) is 13.8 Å². The number of carbonyl (C=O) groups excluding carboxylic acids is 3. The zero-order valence-corrected chi connectivity index (χ0v) is 19.6. The lowest BCUT2D eigenvalue weighted by molar-refractivity contribution is -0.124. The van der Waals surface area contributed by atoms with Gasteiger partial charge >= 0.3 is 0 Å². The highest BCUT2D eigenvalue weighted by Gasteiger charge is 2.38. The first-order valence-electron chi connectivity index (χ1n) is 11.5. The Morgan fingerprint density at radius 2 is 1.70 bits per heavy atom. The molecule has 1 fully saturated rings. The van der Waals surface area contributed by atoms with E-state index in [9.17, 15) is 14.4 Å². The number of nitrogens with zero attached hydrogens (tertiary/aromatic N) is 2. The number of aryl methyl sites for hydroxylation is 3. The molecule has 0 atom stereocenters. The molecule has 9 nitrogen and oxygen atoms in total. The fourth-order valence-electron chi connectivity index (χ4n) is 4.31. The molecule has 0 unspecified atom stereocenters. The van der Waals surface area contributed by atoms with Crippen molar-refractivity contribution in [3.05, 3.63) is 41.0 Å². The fourth-order valence-corrected chi connectivity index (χ4v) is 4.31. The van der Waals surface area contributed by atoms with Gasteiger partial charge < -0.3 is 20.5 Å². The third-order valence-electron chi connectivity index (χ3n) is 6.03. The van der Waals surface area contributed by atoms with Gasteiger partial charge in [0, 0.05) is 25.5 Å². The minimum absolute atomic E-state index is 0.117. The molecule has 0 radical (unpaired) electrons. The van der Waals surface area contributed by atoms with Crippen LogP contribution in [0.25, 0.3) is 0 Å². The first-order chi connectivity index (χ1) is 15.8. The number of hydrogen-bond donors (Lipinski definition) is 3. The van der Waals surface area contributed by atoms with Crippen molar-refractivity contribution < 1.29 is 18.9 Å². The lowest BCUT2D eigenvalue weighted by Gasteiger charge is -2.30. The van der Waals surface area contributed by atoms with Gasteiger partial charge in [-0.1, -0.05) is 49.0 Å². The van der Waals surface area contributed by atoms with Crippen molar-refractivity contribution in [1.29, 1.82) is 0 Å². The summed E-state index contributed by atoms with van der Waals surface area (Å²) in [5, 5.41) is 12.6. The Morgan fingerprint density at radius 1 is 1.03 bits per heavy atom. The van der Waals surface area contributed by atoms with Gasteiger partial charge in [0.15, 0.2) is 5.82 Å². The molecule has 1 aromatic heterocycles. The van der Waals surface area contributed by atoms with E-state index in [1.54, 1.807) is 0 Å². The molecule has 3 amide bonds. The van der Waals surface area contributed by atoms with Crippen molar-refractivity contribution in [2.24, 2.45) is 0 Å². The van der Waals surface area contributed by atoms with E-state index in [4.69, 9.17) is 4.52 Å². The molecule has 0 saturated heterocycles. The summed E-state index contributed by atoms with van der Waals surface area (Å²) in [6.07, 6.45) is 6.10. The van der Waals surface area contributed by atoms with E-state index >= 15 is 0 Å². The third-order valence-corrected chi connectivity index (χ3v) is 6.03. The van der Waals surface area contributed by atoms with Crippen LogP contribution in [0.5, 0.6) is 0 Å². The van der Waals surface area contributed by atoms with Crippen molar-refractivity contribution in [3.8, 4) is 0 Å². The molecule has 1 aliphatic rings. The maximum Gasteiger partial charge on any atom is 0.243 e. The summed E-state index contributed by atoms with van der Waals surface area (Å²) in [7, 11) is 0. The minimum atomic E-state index is -0.613.